The summed E-state index contributed by atoms with van der Waals surface area (Å²) in [6.07, 6.45) is 17.3. The predicted molar refractivity (Wildman–Crippen MR) is 96.4 cm³/mol. The van der Waals surface area contributed by atoms with Gasteiger partial charge in [-0.15, -0.1) is 6.58 Å². The molecule has 24 heavy (non-hydrogen) atoms. The lowest BCUT2D eigenvalue weighted by molar-refractivity contribution is -0.191. The average molecular weight is 338 g/mol. The summed E-state index contributed by atoms with van der Waals surface area (Å²) in [4.78, 5) is 0. The number of hydrogen-bond acceptors (Lipinski definition) is 1. The Morgan fingerprint density at radius 2 is 1.67 bits per heavy atom. The summed E-state index contributed by atoms with van der Waals surface area (Å²) >= 11 is 0. The molecular weight excluding hydrogens is 306 g/mol. The van der Waals surface area contributed by atoms with Crippen molar-refractivity contribution in [2.75, 3.05) is 6.61 Å². The lowest BCUT2D eigenvalue weighted by Crippen LogP contribution is -2.58. The van der Waals surface area contributed by atoms with Gasteiger partial charge in [-0.25, -0.2) is 8.78 Å². The van der Waals surface area contributed by atoms with Crippen molar-refractivity contribution in [1.29, 1.82) is 0 Å². The van der Waals surface area contributed by atoms with E-state index < -0.39 is 16.9 Å². The molecule has 2 rings (SSSR count). The van der Waals surface area contributed by atoms with Gasteiger partial charge >= 0.3 is 0 Å². The van der Waals surface area contributed by atoms with Crippen LogP contribution >= 0.6 is 0 Å². The first-order chi connectivity index (χ1) is 11.5. The van der Waals surface area contributed by atoms with Crippen LogP contribution in [0.15, 0.2) is 37.0 Å². The van der Waals surface area contributed by atoms with Gasteiger partial charge in [-0.1, -0.05) is 76.2 Å². The van der Waals surface area contributed by atoms with Gasteiger partial charge in [0.1, 0.15) is 5.41 Å². The van der Waals surface area contributed by atoms with Gasteiger partial charge in [-0.2, -0.15) is 0 Å². The summed E-state index contributed by atoms with van der Waals surface area (Å²) in [5.74, 6) is -2.96. The van der Waals surface area contributed by atoms with E-state index >= 15 is 0 Å². The van der Waals surface area contributed by atoms with Crippen molar-refractivity contribution in [3.8, 4) is 0 Å². The highest BCUT2D eigenvalue weighted by atomic mass is 19.3. The van der Waals surface area contributed by atoms with E-state index in [1.807, 2.05) is 0 Å². The zero-order valence-corrected chi connectivity index (χ0v) is 15.0. The molecule has 0 radical (unpaired) electrons. The Bertz CT molecular complexity index is 460. The van der Waals surface area contributed by atoms with Crippen LogP contribution in [0.3, 0.4) is 0 Å². The maximum absolute atomic E-state index is 14.9. The first kappa shape index (κ1) is 19.4. The predicted octanol–water partition coefficient (Wildman–Crippen LogP) is 6.61. The molecule has 2 aliphatic rings. The second-order valence-corrected chi connectivity index (χ2v) is 7.23. The van der Waals surface area contributed by atoms with E-state index in [9.17, 15) is 8.78 Å². The molecule has 0 saturated heterocycles. The van der Waals surface area contributed by atoms with E-state index in [-0.39, 0.29) is 0 Å². The fraction of sp³-hybridized carbons (Fsp3) is 0.714. The molecule has 0 bridgehead atoms. The van der Waals surface area contributed by atoms with Gasteiger partial charge in [0.25, 0.3) is 5.92 Å². The Hall–Kier alpha value is -0.960. The average Bonchev–Trinajstić information content (AvgIpc) is 2.58. The summed E-state index contributed by atoms with van der Waals surface area (Å²) in [5, 5.41) is 0. The third-order valence-corrected chi connectivity index (χ3v) is 5.69. The van der Waals surface area contributed by atoms with E-state index in [2.05, 4.69) is 13.5 Å². The minimum absolute atomic E-state index is 0.562. The van der Waals surface area contributed by atoms with Gasteiger partial charge in [-0.05, 0) is 25.3 Å². The smallest absolute Gasteiger partial charge is 0.281 e. The molecule has 0 heterocycles. The van der Waals surface area contributed by atoms with Gasteiger partial charge in [0.2, 0.25) is 0 Å². The van der Waals surface area contributed by atoms with Crippen LogP contribution in [-0.2, 0) is 4.74 Å². The quantitative estimate of drug-likeness (QED) is 0.339. The number of unbranched alkanes of at least 4 members (excludes halogenated alkanes) is 4. The highest BCUT2D eigenvalue weighted by Crippen LogP contribution is 2.56. The van der Waals surface area contributed by atoms with Gasteiger partial charge in [-0.3, -0.25) is 0 Å². The lowest BCUT2D eigenvalue weighted by Gasteiger charge is -2.52. The molecule has 1 fully saturated rings. The van der Waals surface area contributed by atoms with Gasteiger partial charge in [0, 0.05) is 6.61 Å². The van der Waals surface area contributed by atoms with Crippen LogP contribution in [0.4, 0.5) is 8.78 Å². The van der Waals surface area contributed by atoms with E-state index in [1.54, 1.807) is 12.2 Å². The fourth-order valence-corrected chi connectivity index (χ4v) is 4.25. The Balaban J connectivity index is 2.15. The number of allylic oxidation sites excluding steroid dienone is 3. The third kappa shape index (κ3) is 3.66. The van der Waals surface area contributed by atoms with Crippen molar-refractivity contribution in [3.63, 3.8) is 0 Å². The molecule has 0 aromatic rings. The molecule has 136 valence electrons. The van der Waals surface area contributed by atoms with Crippen molar-refractivity contribution < 1.29 is 13.5 Å². The Kier molecular flexibility index (Phi) is 6.79. The zero-order chi connectivity index (χ0) is 17.5. The molecule has 0 aromatic carbocycles. The molecule has 1 saturated carbocycles. The highest BCUT2D eigenvalue weighted by molar-refractivity contribution is 5.34. The summed E-state index contributed by atoms with van der Waals surface area (Å²) in [5.41, 5.74) is -2.26. The molecule has 0 N–H and O–H groups in total. The molecule has 1 nitrogen and oxygen atoms in total. The van der Waals surface area contributed by atoms with E-state index in [0.29, 0.717) is 19.4 Å². The first-order valence-corrected chi connectivity index (χ1v) is 9.56. The summed E-state index contributed by atoms with van der Waals surface area (Å²) < 4.78 is 36.2. The maximum Gasteiger partial charge on any atom is 0.281 e. The van der Waals surface area contributed by atoms with Crippen LogP contribution in [0.2, 0.25) is 0 Å². The van der Waals surface area contributed by atoms with E-state index in [0.717, 1.165) is 38.2 Å². The number of halogens is 2. The zero-order valence-electron chi connectivity index (χ0n) is 15.0. The number of hydrogen-bond donors (Lipinski definition) is 0. The highest BCUT2D eigenvalue weighted by Gasteiger charge is 2.62. The second kappa shape index (κ2) is 8.42. The Morgan fingerprint density at radius 1 is 1.00 bits per heavy atom. The van der Waals surface area contributed by atoms with Crippen molar-refractivity contribution in [2.24, 2.45) is 5.41 Å². The molecule has 0 spiro atoms. The Morgan fingerprint density at radius 3 is 2.29 bits per heavy atom. The van der Waals surface area contributed by atoms with E-state index in [1.165, 1.54) is 31.4 Å². The third-order valence-electron chi connectivity index (χ3n) is 5.69. The maximum atomic E-state index is 14.9. The molecule has 0 aliphatic heterocycles. The van der Waals surface area contributed by atoms with Crippen LogP contribution < -0.4 is 0 Å². The van der Waals surface area contributed by atoms with Gasteiger partial charge < -0.3 is 4.74 Å². The van der Waals surface area contributed by atoms with Crippen molar-refractivity contribution in [2.45, 2.75) is 82.7 Å². The molecule has 1 unspecified atom stereocenters. The molecule has 0 amide bonds. The largest absolute Gasteiger partial charge is 0.374 e. The second-order valence-electron chi connectivity index (χ2n) is 7.23. The monoisotopic (exact) mass is 338 g/mol. The lowest BCUT2D eigenvalue weighted by atomic mass is 9.60. The molecule has 0 aromatic heterocycles. The summed E-state index contributed by atoms with van der Waals surface area (Å²) in [6, 6.07) is 0. The van der Waals surface area contributed by atoms with Crippen molar-refractivity contribution >= 4 is 0 Å². The van der Waals surface area contributed by atoms with Crippen molar-refractivity contribution in [3.05, 3.63) is 37.0 Å². The van der Waals surface area contributed by atoms with Crippen LogP contribution in [0.25, 0.3) is 0 Å². The fourth-order valence-electron chi connectivity index (χ4n) is 4.25. The van der Waals surface area contributed by atoms with Crippen LogP contribution in [0.5, 0.6) is 0 Å². The van der Waals surface area contributed by atoms with Crippen LogP contribution in [-0.4, -0.2) is 18.1 Å². The summed E-state index contributed by atoms with van der Waals surface area (Å²) in [6.45, 7) is 6.55. The molecular formula is C21H32F2O. The molecule has 1 atom stereocenters. The SMILES string of the molecule is C=CC1(C2(OCCCCCCC)CCCCC2)C=CC=CC1(F)F. The van der Waals surface area contributed by atoms with Crippen LogP contribution in [0, 0.1) is 5.41 Å². The minimum Gasteiger partial charge on any atom is -0.374 e. The van der Waals surface area contributed by atoms with Crippen LogP contribution in [0.1, 0.15) is 71.1 Å². The topological polar surface area (TPSA) is 9.23 Å². The van der Waals surface area contributed by atoms with E-state index in [4.69, 9.17) is 4.74 Å². The first-order valence-electron chi connectivity index (χ1n) is 9.56. The molecule has 2 aliphatic carbocycles. The number of alkyl halides is 2. The standard InChI is InChI=1S/C21H32F2O/c1-3-5-6-7-13-18-24-20(15-9-8-10-16-20)19(4-2)14-11-12-17-21(19,22)23/h4,11-12,14,17H,2-3,5-10,13,15-16,18H2,1H3. The normalized spacial score (nSPS) is 28.0. The van der Waals surface area contributed by atoms with Crippen molar-refractivity contribution in [1.82, 2.24) is 0 Å². The number of rotatable bonds is 9. The molecule has 3 heteroatoms. The number of ether oxygens (including phenoxy) is 1. The summed E-state index contributed by atoms with van der Waals surface area (Å²) in [7, 11) is 0. The van der Waals surface area contributed by atoms with Gasteiger partial charge in [0.15, 0.2) is 0 Å². The minimum atomic E-state index is -2.96. The van der Waals surface area contributed by atoms with Gasteiger partial charge in [0.05, 0.1) is 5.60 Å². The Labute approximate surface area is 145 Å².